The SMILES string of the molecule is C[C@@H](O)c1cccc(N2CCC3(CCC(=O)N(CC(N)=O)C3)CC2)n1. The lowest BCUT2D eigenvalue weighted by atomic mass is 9.72. The maximum atomic E-state index is 12.0. The van der Waals surface area contributed by atoms with Crippen molar-refractivity contribution in [3.63, 3.8) is 0 Å². The molecule has 2 fully saturated rings. The van der Waals surface area contributed by atoms with Crippen LogP contribution >= 0.6 is 0 Å². The molecule has 2 amide bonds. The van der Waals surface area contributed by atoms with Crippen LogP contribution in [0.2, 0.25) is 0 Å². The summed E-state index contributed by atoms with van der Waals surface area (Å²) in [5.41, 5.74) is 6.02. The summed E-state index contributed by atoms with van der Waals surface area (Å²) >= 11 is 0. The molecule has 3 N–H and O–H groups in total. The quantitative estimate of drug-likeness (QED) is 0.841. The summed E-state index contributed by atoms with van der Waals surface area (Å²) in [6.45, 7) is 4.06. The van der Waals surface area contributed by atoms with Crippen molar-refractivity contribution in [3.05, 3.63) is 23.9 Å². The van der Waals surface area contributed by atoms with Crippen LogP contribution < -0.4 is 10.6 Å². The van der Waals surface area contributed by atoms with Crippen LogP contribution in [0.3, 0.4) is 0 Å². The number of aliphatic hydroxyl groups excluding tert-OH is 1. The third kappa shape index (κ3) is 3.92. The van der Waals surface area contributed by atoms with Crippen LogP contribution in [-0.2, 0) is 9.59 Å². The van der Waals surface area contributed by atoms with Crippen LogP contribution in [0, 0.1) is 5.41 Å². The van der Waals surface area contributed by atoms with Crippen molar-refractivity contribution < 1.29 is 14.7 Å². The van der Waals surface area contributed by atoms with Crippen LogP contribution in [0.4, 0.5) is 5.82 Å². The molecule has 136 valence electrons. The zero-order chi connectivity index (χ0) is 18.0. The number of aliphatic hydroxyl groups is 1. The van der Waals surface area contributed by atoms with E-state index < -0.39 is 12.0 Å². The number of carbonyl (C=O) groups excluding carboxylic acids is 2. The van der Waals surface area contributed by atoms with Crippen LogP contribution in [-0.4, -0.2) is 53.0 Å². The monoisotopic (exact) mass is 346 g/mol. The number of piperidine rings is 2. The summed E-state index contributed by atoms with van der Waals surface area (Å²) in [5.74, 6) is 0.453. The molecule has 7 nitrogen and oxygen atoms in total. The first-order valence-corrected chi connectivity index (χ1v) is 8.85. The van der Waals surface area contributed by atoms with Crippen molar-refractivity contribution in [2.75, 3.05) is 31.1 Å². The third-order valence-electron chi connectivity index (χ3n) is 5.43. The van der Waals surface area contributed by atoms with E-state index in [-0.39, 0.29) is 17.9 Å². The number of hydrogen-bond donors (Lipinski definition) is 2. The van der Waals surface area contributed by atoms with E-state index in [4.69, 9.17) is 5.73 Å². The minimum Gasteiger partial charge on any atom is -0.387 e. The molecule has 0 saturated carbocycles. The number of primary amides is 1. The van der Waals surface area contributed by atoms with Gasteiger partial charge in [-0.1, -0.05) is 6.07 Å². The highest BCUT2D eigenvalue weighted by Crippen LogP contribution is 2.40. The van der Waals surface area contributed by atoms with Gasteiger partial charge in [0.15, 0.2) is 0 Å². The van der Waals surface area contributed by atoms with E-state index in [0.717, 1.165) is 38.2 Å². The number of nitrogens with two attached hydrogens (primary N) is 1. The Morgan fingerprint density at radius 1 is 1.36 bits per heavy atom. The number of amides is 2. The van der Waals surface area contributed by atoms with Gasteiger partial charge in [-0.15, -0.1) is 0 Å². The van der Waals surface area contributed by atoms with Crippen molar-refractivity contribution in [2.45, 2.75) is 38.7 Å². The van der Waals surface area contributed by atoms with Crippen molar-refractivity contribution in [1.29, 1.82) is 0 Å². The van der Waals surface area contributed by atoms with Crippen molar-refractivity contribution >= 4 is 17.6 Å². The molecule has 3 heterocycles. The summed E-state index contributed by atoms with van der Waals surface area (Å²) < 4.78 is 0. The highest BCUT2D eigenvalue weighted by molar-refractivity contribution is 5.84. The van der Waals surface area contributed by atoms with Gasteiger partial charge in [-0.3, -0.25) is 9.59 Å². The summed E-state index contributed by atoms with van der Waals surface area (Å²) in [6.07, 6.45) is 2.69. The molecule has 7 heteroatoms. The van der Waals surface area contributed by atoms with Crippen molar-refractivity contribution in [1.82, 2.24) is 9.88 Å². The second kappa shape index (κ2) is 7.00. The molecule has 0 bridgehead atoms. The van der Waals surface area contributed by atoms with E-state index in [1.807, 2.05) is 18.2 Å². The minimum atomic E-state index is -0.581. The summed E-state index contributed by atoms with van der Waals surface area (Å²) in [5, 5.41) is 9.72. The highest BCUT2D eigenvalue weighted by atomic mass is 16.3. The minimum absolute atomic E-state index is 0.0162. The van der Waals surface area contributed by atoms with Gasteiger partial charge in [-0.25, -0.2) is 4.98 Å². The van der Waals surface area contributed by atoms with Gasteiger partial charge in [0.1, 0.15) is 5.82 Å². The summed E-state index contributed by atoms with van der Waals surface area (Å²) in [4.78, 5) is 31.6. The van der Waals surface area contributed by atoms with Gasteiger partial charge in [0.2, 0.25) is 11.8 Å². The predicted molar refractivity (Wildman–Crippen MR) is 93.8 cm³/mol. The average Bonchev–Trinajstić information content (AvgIpc) is 2.59. The van der Waals surface area contributed by atoms with Crippen LogP contribution in [0.15, 0.2) is 18.2 Å². The Balaban J connectivity index is 1.66. The Morgan fingerprint density at radius 2 is 2.08 bits per heavy atom. The molecule has 0 aromatic carbocycles. The highest BCUT2D eigenvalue weighted by Gasteiger charge is 2.41. The Kier molecular flexibility index (Phi) is 4.94. The number of aromatic nitrogens is 1. The fraction of sp³-hybridized carbons (Fsp3) is 0.611. The van der Waals surface area contributed by atoms with Gasteiger partial charge in [0.05, 0.1) is 18.3 Å². The first-order chi connectivity index (χ1) is 11.9. The normalized spacial score (nSPS) is 21.4. The molecule has 0 unspecified atom stereocenters. The molecule has 1 aromatic rings. The third-order valence-corrected chi connectivity index (χ3v) is 5.43. The zero-order valence-corrected chi connectivity index (χ0v) is 14.6. The lowest BCUT2D eigenvalue weighted by Gasteiger charge is -2.47. The van der Waals surface area contributed by atoms with E-state index in [1.165, 1.54) is 0 Å². The Morgan fingerprint density at radius 3 is 2.72 bits per heavy atom. The molecule has 1 aromatic heterocycles. The van der Waals surface area contributed by atoms with Gasteiger partial charge in [-0.2, -0.15) is 0 Å². The van der Waals surface area contributed by atoms with E-state index in [2.05, 4.69) is 9.88 Å². The molecule has 1 spiro atoms. The second-order valence-electron chi connectivity index (χ2n) is 7.30. The molecule has 0 aliphatic carbocycles. The Bertz CT molecular complexity index is 653. The van der Waals surface area contributed by atoms with Crippen LogP contribution in [0.5, 0.6) is 0 Å². The lowest BCUT2D eigenvalue weighted by molar-refractivity contribution is -0.141. The number of pyridine rings is 1. The lowest BCUT2D eigenvalue weighted by Crippen LogP contribution is -2.53. The van der Waals surface area contributed by atoms with Crippen molar-refractivity contribution in [2.24, 2.45) is 11.1 Å². The Hall–Kier alpha value is -2.15. The van der Waals surface area contributed by atoms with Gasteiger partial charge < -0.3 is 20.6 Å². The standard InChI is InChI=1S/C18H26N4O3/c1-13(23)14-3-2-4-16(20-14)21-9-7-18(8-10-21)6-5-17(25)22(12-18)11-15(19)24/h2-4,13,23H,5-12H2,1H3,(H2,19,24)/t13-/m1/s1. The number of hydrogen-bond acceptors (Lipinski definition) is 5. The van der Waals surface area contributed by atoms with E-state index >= 15 is 0 Å². The molecule has 25 heavy (non-hydrogen) atoms. The van der Waals surface area contributed by atoms with Crippen molar-refractivity contribution in [3.8, 4) is 0 Å². The van der Waals surface area contributed by atoms with Gasteiger partial charge in [0.25, 0.3) is 0 Å². The molecule has 1 atom stereocenters. The largest absolute Gasteiger partial charge is 0.387 e. The molecular formula is C18H26N4O3. The topological polar surface area (TPSA) is 99.8 Å². The summed E-state index contributed by atoms with van der Waals surface area (Å²) in [7, 11) is 0. The molecule has 3 rings (SSSR count). The average molecular weight is 346 g/mol. The molecular weight excluding hydrogens is 320 g/mol. The molecule has 2 aliphatic heterocycles. The fourth-order valence-electron chi connectivity index (χ4n) is 3.90. The van der Waals surface area contributed by atoms with E-state index in [1.54, 1.807) is 11.8 Å². The van der Waals surface area contributed by atoms with Gasteiger partial charge in [0, 0.05) is 26.1 Å². The fourth-order valence-corrected chi connectivity index (χ4v) is 3.90. The number of likely N-dealkylation sites (tertiary alicyclic amines) is 1. The number of anilines is 1. The van der Waals surface area contributed by atoms with Crippen LogP contribution in [0.1, 0.15) is 44.4 Å². The van der Waals surface area contributed by atoms with Crippen LogP contribution in [0.25, 0.3) is 0 Å². The molecule has 0 radical (unpaired) electrons. The van der Waals surface area contributed by atoms with Gasteiger partial charge in [-0.05, 0) is 43.7 Å². The predicted octanol–water partition coefficient (Wildman–Crippen LogP) is 0.829. The first-order valence-electron chi connectivity index (χ1n) is 8.85. The zero-order valence-electron chi connectivity index (χ0n) is 14.6. The number of nitrogens with zero attached hydrogens (tertiary/aromatic N) is 3. The maximum absolute atomic E-state index is 12.0. The molecule has 2 aliphatic rings. The molecule has 2 saturated heterocycles. The Labute approximate surface area is 147 Å². The second-order valence-corrected chi connectivity index (χ2v) is 7.30. The van der Waals surface area contributed by atoms with E-state index in [0.29, 0.717) is 18.7 Å². The smallest absolute Gasteiger partial charge is 0.237 e. The number of rotatable bonds is 4. The van der Waals surface area contributed by atoms with E-state index in [9.17, 15) is 14.7 Å². The first kappa shape index (κ1) is 17.7. The van der Waals surface area contributed by atoms with Gasteiger partial charge >= 0.3 is 0 Å². The number of carbonyl (C=O) groups is 2. The maximum Gasteiger partial charge on any atom is 0.237 e. The summed E-state index contributed by atoms with van der Waals surface area (Å²) in [6, 6.07) is 5.71.